The van der Waals surface area contributed by atoms with Crippen molar-refractivity contribution >= 4 is 34.1 Å². The third-order valence-electron chi connectivity index (χ3n) is 9.18. The molecule has 7 rings (SSSR count). The van der Waals surface area contributed by atoms with Gasteiger partial charge in [-0.15, -0.1) is 0 Å². The number of amides is 2. The molecule has 1 saturated carbocycles. The zero-order valence-electron chi connectivity index (χ0n) is 22.3. The van der Waals surface area contributed by atoms with Crippen LogP contribution in [0.2, 0.25) is 0 Å². The molecular formula is C30H34N4O5S. The van der Waals surface area contributed by atoms with Gasteiger partial charge in [-0.3, -0.25) is 19.5 Å². The van der Waals surface area contributed by atoms with Crippen molar-refractivity contribution in [1.82, 2.24) is 19.4 Å². The average Bonchev–Trinajstić information content (AvgIpc) is 3.43. The van der Waals surface area contributed by atoms with Crippen molar-refractivity contribution < 1.29 is 22.8 Å². The Balaban J connectivity index is 1.14. The van der Waals surface area contributed by atoms with Crippen LogP contribution in [-0.2, 0) is 20.9 Å². The second kappa shape index (κ2) is 10.1. The quantitative estimate of drug-likeness (QED) is 0.443. The lowest BCUT2D eigenvalue weighted by Gasteiger charge is -2.35. The highest BCUT2D eigenvalue weighted by atomic mass is 32.2. The Labute approximate surface area is 235 Å². The summed E-state index contributed by atoms with van der Waals surface area (Å²) in [5.41, 5.74) is 3.29. The molecule has 3 saturated heterocycles. The van der Waals surface area contributed by atoms with Crippen LogP contribution in [0.25, 0.3) is 22.1 Å². The van der Waals surface area contributed by atoms with E-state index in [9.17, 15) is 18.4 Å². The highest BCUT2D eigenvalue weighted by Crippen LogP contribution is 2.40. The van der Waals surface area contributed by atoms with E-state index < -0.39 is 16.8 Å². The monoisotopic (exact) mass is 562 g/mol. The van der Waals surface area contributed by atoms with E-state index in [-0.39, 0.29) is 29.8 Å². The molecule has 3 aromatic rings. The van der Waals surface area contributed by atoms with E-state index in [1.807, 2.05) is 28.0 Å². The molecule has 210 valence electrons. The molecule has 3 atom stereocenters. The largest absolute Gasteiger partial charge is 0.464 e. The fourth-order valence-corrected chi connectivity index (χ4v) is 7.17. The minimum absolute atomic E-state index is 0.0577. The molecule has 2 amide bonds. The van der Waals surface area contributed by atoms with Crippen molar-refractivity contribution in [2.45, 2.75) is 43.8 Å². The van der Waals surface area contributed by atoms with E-state index >= 15 is 0 Å². The topological polar surface area (TPSA) is 106 Å². The SMILES string of the molecule is O=C(C1CC1)N1CC[C@@H](CN2C(=O)C3(CCN(S(=O)O)CC3)NC2c2ccc(-c3ccc4occc4c3)cc2)C1. The number of likely N-dealkylation sites (tertiary alicyclic amines) is 1. The van der Waals surface area contributed by atoms with Crippen LogP contribution in [-0.4, -0.2) is 72.9 Å². The van der Waals surface area contributed by atoms with Crippen LogP contribution in [0.4, 0.5) is 0 Å². The van der Waals surface area contributed by atoms with Crippen LogP contribution < -0.4 is 5.32 Å². The summed E-state index contributed by atoms with van der Waals surface area (Å²) < 4.78 is 28.2. The molecule has 4 fully saturated rings. The van der Waals surface area contributed by atoms with E-state index in [0.29, 0.717) is 39.0 Å². The van der Waals surface area contributed by atoms with Gasteiger partial charge in [0.05, 0.1) is 6.26 Å². The van der Waals surface area contributed by atoms with Gasteiger partial charge in [-0.05, 0) is 72.9 Å². The molecule has 0 radical (unpaired) electrons. The maximum Gasteiger partial charge on any atom is 0.244 e. The minimum atomic E-state index is -2.03. The highest BCUT2D eigenvalue weighted by molar-refractivity contribution is 7.76. The molecule has 10 heteroatoms. The number of benzene rings is 2. The zero-order valence-corrected chi connectivity index (χ0v) is 23.1. The Hall–Kier alpha value is -3.05. The van der Waals surface area contributed by atoms with Gasteiger partial charge in [0.2, 0.25) is 23.1 Å². The molecule has 3 aliphatic heterocycles. The Morgan fingerprint density at radius 3 is 2.50 bits per heavy atom. The lowest BCUT2D eigenvalue weighted by molar-refractivity contribution is -0.135. The molecule has 4 aliphatic rings. The van der Waals surface area contributed by atoms with Crippen molar-refractivity contribution in [2.75, 3.05) is 32.7 Å². The van der Waals surface area contributed by atoms with Crippen LogP contribution in [0.5, 0.6) is 0 Å². The number of nitrogens with one attached hydrogen (secondary N) is 1. The van der Waals surface area contributed by atoms with Crippen LogP contribution in [0, 0.1) is 11.8 Å². The number of rotatable bonds is 6. The average molecular weight is 563 g/mol. The van der Waals surface area contributed by atoms with Crippen LogP contribution in [0.3, 0.4) is 0 Å². The lowest BCUT2D eigenvalue weighted by atomic mass is 9.88. The summed E-state index contributed by atoms with van der Waals surface area (Å²) in [6, 6.07) is 16.4. The predicted octanol–water partition coefficient (Wildman–Crippen LogP) is 3.76. The Kier molecular flexibility index (Phi) is 6.53. The van der Waals surface area contributed by atoms with Gasteiger partial charge in [-0.25, -0.2) is 8.51 Å². The maximum absolute atomic E-state index is 14.1. The third-order valence-corrected chi connectivity index (χ3v) is 9.99. The fourth-order valence-electron chi connectivity index (χ4n) is 6.68. The summed E-state index contributed by atoms with van der Waals surface area (Å²) in [5, 5.41) is 4.73. The zero-order chi connectivity index (χ0) is 27.4. The number of furan rings is 1. The summed E-state index contributed by atoms with van der Waals surface area (Å²) in [7, 11) is 0. The van der Waals surface area contributed by atoms with Crippen molar-refractivity contribution in [2.24, 2.45) is 11.8 Å². The number of fused-ring (bicyclic) bond motifs is 1. The van der Waals surface area contributed by atoms with Gasteiger partial charge >= 0.3 is 0 Å². The van der Waals surface area contributed by atoms with Crippen molar-refractivity contribution in [1.29, 1.82) is 0 Å². The van der Waals surface area contributed by atoms with Gasteiger partial charge in [0, 0.05) is 44.0 Å². The predicted molar refractivity (Wildman–Crippen MR) is 151 cm³/mol. The molecule has 1 spiro atoms. The second-order valence-corrected chi connectivity index (χ2v) is 12.7. The summed E-state index contributed by atoms with van der Waals surface area (Å²) in [4.78, 5) is 30.7. The van der Waals surface area contributed by atoms with Gasteiger partial charge in [0.1, 0.15) is 17.3 Å². The molecule has 2 aromatic carbocycles. The van der Waals surface area contributed by atoms with Gasteiger partial charge in [0.15, 0.2) is 0 Å². The Bertz CT molecular complexity index is 1460. The number of nitrogens with zero attached hydrogens (tertiary/aromatic N) is 3. The lowest BCUT2D eigenvalue weighted by Crippen LogP contribution is -2.55. The summed E-state index contributed by atoms with van der Waals surface area (Å²) in [6.45, 7) is 2.81. The Morgan fingerprint density at radius 2 is 1.77 bits per heavy atom. The van der Waals surface area contributed by atoms with Gasteiger partial charge in [0.25, 0.3) is 0 Å². The van der Waals surface area contributed by atoms with E-state index in [2.05, 4.69) is 35.6 Å². The van der Waals surface area contributed by atoms with Crippen LogP contribution in [0.1, 0.15) is 43.8 Å². The molecule has 1 aliphatic carbocycles. The van der Waals surface area contributed by atoms with Gasteiger partial charge < -0.3 is 14.2 Å². The number of carbonyl (C=O) groups is 2. The second-order valence-electron chi connectivity index (χ2n) is 11.8. The molecule has 4 heterocycles. The first kappa shape index (κ1) is 25.9. The first-order chi connectivity index (χ1) is 19.4. The molecule has 2 N–H and O–H groups in total. The standard InChI is InChI=1S/C30H34N4O5S/c35-28(23-5-6-23)32-13-9-20(18-32)19-34-27(31-30(29(34)36)11-14-33(15-12-30)40(37)38)22-3-1-21(2-4-22)24-7-8-26-25(17-24)10-16-39-26/h1-4,7-8,10,16-17,20,23,27,31H,5-6,9,11-15,18-19H2,(H,37,38)/t20-,27?/m1/s1. The molecule has 40 heavy (non-hydrogen) atoms. The van der Waals surface area contributed by atoms with E-state index in [1.165, 1.54) is 4.31 Å². The van der Waals surface area contributed by atoms with E-state index in [1.54, 1.807) is 6.26 Å². The molecule has 2 unspecified atom stereocenters. The summed E-state index contributed by atoms with van der Waals surface area (Å²) in [6.07, 6.45) is 5.25. The molecular weight excluding hydrogens is 528 g/mol. The first-order valence-corrected chi connectivity index (χ1v) is 15.3. The number of piperidine rings is 1. The smallest absolute Gasteiger partial charge is 0.244 e. The Morgan fingerprint density at radius 1 is 1.02 bits per heavy atom. The number of hydrogen-bond donors (Lipinski definition) is 2. The van der Waals surface area contributed by atoms with Gasteiger partial charge in [-0.1, -0.05) is 30.3 Å². The van der Waals surface area contributed by atoms with E-state index in [0.717, 1.165) is 53.5 Å². The highest BCUT2D eigenvalue weighted by Gasteiger charge is 2.53. The van der Waals surface area contributed by atoms with E-state index in [4.69, 9.17) is 4.42 Å². The van der Waals surface area contributed by atoms with Crippen molar-refractivity contribution in [3.05, 3.63) is 60.4 Å². The number of hydrogen-bond acceptors (Lipinski definition) is 5. The molecule has 9 nitrogen and oxygen atoms in total. The molecule has 1 aromatic heterocycles. The van der Waals surface area contributed by atoms with Crippen molar-refractivity contribution in [3.8, 4) is 11.1 Å². The summed E-state index contributed by atoms with van der Waals surface area (Å²) >= 11 is -2.03. The normalized spacial score (nSPS) is 25.8. The van der Waals surface area contributed by atoms with Gasteiger partial charge in [-0.2, -0.15) is 0 Å². The summed E-state index contributed by atoms with van der Waals surface area (Å²) in [5.74, 6) is 0.772. The fraction of sp³-hybridized carbons (Fsp3) is 0.467. The van der Waals surface area contributed by atoms with Crippen molar-refractivity contribution in [3.63, 3.8) is 0 Å². The number of carbonyl (C=O) groups excluding carboxylic acids is 2. The maximum atomic E-state index is 14.1. The van der Waals surface area contributed by atoms with Crippen LogP contribution in [0.15, 0.2) is 59.2 Å². The minimum Gasteiger partial charge on any atom is -0.464 e. The third kappa shape index (κ3) is 4.66. The first-order valence-electron chi connectivity index (χ1n) is 14.2. The molecule has 0 bridgehead atoms. The van der Waals surface area contributed by atoms with Crippen LogP contribution >= 0.6 is 0 Å².